The minimum absolute atomic E-state index is 0.230. The van der Waals surface area contributed by atoms with Crippen LogP contribution in [0.15, 0.2) is 29.3 Å². The van der Waals surface area contributed by atoms with Crippen molar-refractivity contribution >= 4 is 17.6 Å². The van der Waals surface area contributed by atoms with E-state index in [0.29, 0.717) is 6.42 Å². The highest BCUT2D eigenvalue weighted by atomic mass is 16.2. The Balaban J connectivity index is 1.39. The molecule has 0 aromatic heterocycles. The second kappa shape index (κ2) is 9.74. The number of carbonyl (C=O) groups excluding carboxylic acids is 1. The van der Waals surface area contributed by atoms with Gasteiger partial charge in [-0.1, -0.05) is 19.1 Å². The van der Waals surface area contributed by atoms with Crippen molar-refractivity contribution in [3.63, 3.8) is 0 Å². The number of nitrogens with zero attached hydrogens (tertiary/aromatic N) is 3. The Kier molecular flexibility index (Phi) is 7.10. The number of hydrogen-bond acceptors (Lipinski definition) is 3. The number of benzene rings is 1. The summed E-state index contributed by atoms with van der Waals surface area (Å²) in [6.07, 6.45) is 4.25. The number of rotatable bonds is 6. The van der Waals surface area contributed by atoms with Gasteiger partial charge in [0, 0.05) is 45.3 Å². The predicted molar refractivity (Wildman–Crippen MR) is 111 cm³/mol. The van der Waals surface area contributed by atoms with Gasteiger partial charge in [0.05, 0.1) is 0 Å². The van der Waals surface area contributed by atoms with Crippen molar-refractivity contribution in [2.24, 2.45) is 10.9 Å². The van der Waals surface area contributed by atoms with Crippen LogP contribution in [0, 0.1) is 5.92 Å². The van der Waals surface area contributed by atoms with Gasteiger partial charge in [-0.3, -0.25) is 9.79 Å². The van der Waals surface area contributed by atoms with Crippen LogP contribution in [0.5, 0.6) is 0 Å². The van der Waals surface area contributed by atoms with E-state index in [1.165, 1.54) is 31.5 Å². The van der Waals surface area contributed by atoms with Crippen LogP contribution in [0.1, 0.15) is 38.2 Å². The Morgan fingerprint density at radius 3 is 2.52 bits per heavy atom. The average molecular weight is 372 g/mol. The lowest BCUT2D eigenvalue weighted by atomic mass is 9.99. The molecule has 2 heterocycles. The fourth-order valence-electron chi connectivity index (χ4n) is 3.74. The fourth-order valence-corrected chi connectivity index (χ4v) is 3.74. The molecule has 1 aromatic rings. The largest absolute Gasteiger partial charge is 0.355 e. The van der Waals surface area contributed by atoms with Crippen LogP contribution in [0.3, 0.4) is 0 Å². The zero-order chi connectivity index (χ0) is 19.1. The first-order valence-corrected chi connectivity index (χ1v) is 10.2. The molecule has 0 bridgehead atoms. The Bertz CT molecular complexity index is 634. The van der Waals surface area contributed by atoms with E-state index in [-0.39, 0.29) is 5.91 Å². The predicted octanol–water partition coefficient (Wildman–Crippen LogP) is 2.21. The normalized spacial score (nSPS) is 19.6. The first kappa shape index (κ1) is 19.7. The van der Waals surface area contributed by atoms with Crippen molar-refractivity contribution in [2.75, 3.05) is 44.7 Å². The Labute approximate surface area is 163 Å². The summed E-state index contributed by atoms with van der Waals surface area (Å²) in [5.74, 6) is 1.94. The summed E-state index contributed by atoms with van der Waals surface area (Å²) in [6, 6.07) is 8.23. The molecule has 6 heteroatoms. The first-order chi connectivity index (χ1) is 13.2. The number of carbonyl (C=O) groups is 1. The molecule has 0 spiro atoms. The molecule has 148 valence electrons. The Morgan fingerprint density at radius 2 is 1.89 bits per heavy atom. The molecule has 2 aliphatic rings. The lowest BCUT2D eigenvalue weighted by Crippen LogP contribution is -2.43. The highest BCUT2D eigenvalue weighted by molar-refractivity contribution is 5.95. The van der Waals surface area contributed by atoms with E-state index in [0.717, 1.165) is 50.2 Å². The molecule has 1 aromatic carbocycles. The Morgan fingerprint density at radius 1 is 1.15 bits per heavy atom. The minimum Gasteiger partial charge on any atom is -0.355 e. The van der Waals surface area contributed by atoms with E-state index in [1.54, 1.807) is 7.05 Å². The highest BCUT2D eigenvalue weighted by Crippen LogP contribution is 2.21. The zero-order valence-electron chi connectivity index (χ0n) is 16.7. The zero-order valence-corrected chi connectivity index (χ0v) is 16.7. The number of hydrogen-bond donors (Lipinski definition) is 2. The van der Waals surface area contributed by atoms with Gasteiger partial charge in [0.25, 0.3) is 0 Å². The Hall–Kier alpha value is -2.08. The summed E-state index contributed by atoms with van der Waals surface area (Å²) in [6.45, 7) is 8.28. The molecule has 0 unspecified atom stereocenters. The minimum atomic E-state index is 0.230. The van der Waals surface area contributed by atoms with E-state index < -0.39 is 0 Å². The van der Waals surface area contributed by atoms with Crippen LogP contribution in [0.2, 0.25) is 0 Å². The van der Waals surface area contributed by atoms with Gasteiger partial charge in [-0.2, -0.15) is 0 Å². The quantitative estimate of drug-likeness (QED) is 0.595. The van der Waals surface area contributed by atoms with Crippen LogP contribution < -0.4 is 15.5 Å². The van der Waals surface area contributed by atoms with Gasteiger partial charge in [-0.05, 0) is 56.0 Å². The van der Waals surface area contributed by atoms with E-state index in [9.17, 15) is 4.79 Å². The molecule has 2 saturated heterocycles. The fraction of sp³-hybridized carbons (Fsp3) is 0.619. The number of anilines is 1. The SMILES string of the molecule is CN=C(NCCN1CCC(C)CC1)NCc1ccc(N2CCCC2=O)cc1. The topological polar surface area (TPSA) is 60.0 Å². The van der Waals surface area contributed by atoms with E-state index in [1.807, 2.05) is 17.0 Å². The number of guanidine groups is 1. The summed E-state index contributed by atoms with van der Waals surface area (Å²) < 4.78 is 0. The molecule has 27 heavy (non-hydrogen) atoms. The molecule has 2 aliphatic heterocycles. The molecule has 2 fully saturated rings. The molecule has 3 rings (SSSR count). The smallest absolute Gasteiger partial charge is 0.227 e. The van der Waals surface area contributed by atoms with Gasteiger partial charge < -0.3 is 20.4 Å². The third-order valence-electron chi connectivity index (χ3n) is 5.60. The maximum absolute atomic E-state index is 11.8. The summed E-state index contributed by atoms with van der Waals surface area (Å²) in [5.41, 5.74) is 2.18. The molecule has 0 atom stereocenters. The van der Waals surface area contributed by atoms with Gasteiger partial charge in [0.1, 0.15) is 0 Å². The second-order valence-corrected chi connectivity index (χ2v) is 7.69. The molecule has 2 N–H and O–H groups in total. The van der Waals surface area contributed by atoms with Crippen LogP contribution >= 0.6 is 0 Å². The van der Waals surface area contributed by atoms with Crippen molar-refractivity contribution < 1.29 is 4.79 Å². The molecule has 1 amide bonds. The third-order valence-corrected chi connectivity index (χ3v) is 5.60. The number of nitrogens with one attached hydrogen (secondary N) is 2. The first-order valence-electron chi connectivity index (χ1n) is 10.2. The van der Waals surface area contributed by atoms with Crippen molar-refractivity contribution in [2.45, 2.75) is 39.2 Å². The maximum atomic E-state index is 11.8. The monoisotopic (exact) mass is 371 g/mol. The van der Waals surface area contributed by atoms with Gasteiger partial charge in [-0.15, -0.1) is 0 Å². The van der Waals surface area contributed by atoms with Crippen LogP contribution in [0.4, 0.5) is 5.69 Å². The van der Waals surface area contributed by atoms with Crippen molar-refractivity contribution in [1.82, 2.24) is 15.5 Å². The summed E-state index contributed by atoms with van der Waals surface area (Å²) in [5, 5.41) is 6.77. The van der Waals surface area contributed by atoms with Gasteiger partial charge in [0.15, 0.2) is 5.96 Å². The third kappa shape index (κ3) is 5.70. The van der Waals surface area contributed by atoms with Crippen LogP contribution in [-0.4, -0.2) is 56.5 Å². The maximum Gasteiger partial charge on any atom is 0.227 e. The highest BCUT2D eigenvalue weighted by Gasteiger charge is 2.21. The van der Waals surface area contributed by atoms with Gasteiger partial charge in [0.2, 0.25) is 5.91 Å². The standard InChI is InChI=1S/C21H33N5O/c1-17-9-13-25(14-10-17)15-11-23-21(22-2)24-16-18-5-7-19(8-6-18)26-12-3-4-20(26)27/h5-8,17H,3-4,9-16H2,1-2H3,(H2,22,23,24). The molecular weight excluding hydrogens is 338 g/mol. The van der Waals surface area contributed by atoms with Crippen LogP contribution in [0.25, 0.3) is 0 Å². The van der Waals surface area contributed by atoms with Gasteiger partial charge in [-0.25, -0.2) is 0 Å². The van der Waals surface area contributed by atoms with Crippen molar-refractivity contribution in [3.05, 3.63) is 29.8 Å². The lowest BCUT2D eigenvalue weighted by Gasteiger charge is -2.30. The van der Waals surface area contributed by atoms with E-state index in [4.69, 9.17) is 0 Å². The molecule has 6 nitrogen and oxygen atoms in total. The average Bonchev–Trinajstić information content (AvgIpc) is 3.12. The molecular formula is C21H33N5O. The number of piperidine rings is 1. The van der Waals surface area contributed by atoms with Crippen molar-refractivity contribution in [1.29, 1.82) is 0 Å². The number of likely N-dealkylation sites (tertiary alicyclic amines) is 1. The number of aliphatic imine (C=N–C) groups is 1. The molecule has 0 saturated carbocycles. The van der Waals surface area contributed by atoms with Gasteiger partial charge >= 0.3 is 0 Å². The van der Waals surface area contributed by atoms with Crippen molar-refractivity contribution in [3.8, 4) is 0 Å². The number of amides is 1. The van der Waals surface area contributed by atoms with Crippen LogP contribution in [-0.2, 0) is 11.3 Å². The summed E-state index contributed by atoms with van der Waals surface area (Å²) >= 11 is 0. The van der Waals surface area contributed by atoms with E-state index >= 15 is 0 Å². The molecule has 0 radical (unpaired) electrons. The second-order valence-electron chi connectivity index (χ2n) is 7.69. The van der Waals surface area contributed by atoms with E-state index in [2.05, 4.69) is 39.6 Å². The summed E-state index contributed by atoms with van der Waals surface area (Å²) in [7, 11) is 1.81. The lowest BCUT2D eigenvalue weighted by molar-refractivity contribution is -0.117. The molecule has 0 aliphatic carbocycles. The summed E-state index contributed by atoms with van der Waals surface area (Å²) in [4.78, 5) is 20.5.